The average molecular weight is 1270 g/mol. The molecule has 0 radical (unpaired) electrons. The molecule has 1 fully saturated rings. The van der Waals surface area contributed by atoms with Gasteiger partial charge in [-0.05, 0) is 74.5 Å². The summed E-state index contributed by atoms with van der Waals surface area (Å²) in [6.07, 6.45) is 0.473. The van der Waals surface area contributed by atoms with Crippen molar-refractivity contribution in [2.24, 2.45) is 30.0 Å². The Morgan fingerprint density at radius 1 is 0.462 bits per heavy atom. The summed E-state index contributed by atoms with van der Waals surface area (Å²) < 4.78 is 86.5. The lowest BCUT2D eigenvalue weighted by Gasteiger charge is -2.29. The summed E-state index contributed by atoms with van der Waals surface area (Å²) in [5.41, 5.74) is 6.96. The van der Waals surface area contributed by atoms with Gasteiger partial charge in [0.15, 0.2) is 23.3 Å². The summed E-state index contributed by atoms with van der Waals surface area (Å²) in [5, 5.41) is 6.70. The van der Waals surface area contributed by atoms with Crippen LogP contribution in [0, 0.1) is 0 Å². The Hall–Kier alpha value is -9.98. The van der Waals surface area contributed by atoms with Crippen molar-refractivity contribution >= 4 is 124 Å². The molecule has 91 heavy (non-hydrogen) atoms. The molecular formula is C69H45N9O9S3Si. The first kappa shape index (κ1) is 55.1. The van der Waals surface area contributed by atoms with E-state index in [0.717, 1.165) is 0 Å². The third kappa shape index (κ3) is 8.53. The van der Waals surface area contributed by atoms with Crippen LogP contribution in [0.3, 0.4) is 0 Å². The van der Waals surface area contributed by atoms with Crippen molar-refractivity contribution in [3.8, 4) is 44.5 Å². The van der Waals surface area contributed by atoms with E-state index in [1.807, 2.05) is 170 Å². The molecule has 0 amide bonds. The first-order chi connectivity index (χ1) is 44.2. The molecule has 0 spiro atoms. The van der Waals surface area contributed by atoms with Gasteiger partial charge >= 0.3 is 8.88 Å². The van der Waals surface area contributed by atoms with Crippen LogP contribution >= 0.6 is 11.8 Å². The number of benzene rings is 10. The number of fused-ring (bicyclic) bond motifs is 16. The number of amidine groups is 4. The van der Waals surface area contributed by atoms with E-state index >= 15 is 4.80 Å². The van der Waals surface area contributed by atoms with Gasteiger partial charge in [0.25, 0.3) is 20.2 Å². The molecule has 5 aliphatic rings. The Kier molecular flexibility index (Phi) is 12.4. The number of carbonyl (C=O) groups is 1. The van der Waals surface area contributed by atoms with Crippen molar-refractivity contribution in [2.75, 3.05) is 12.5 Å². The molecule has 5 aliphatic heterocycles. The number of nitrogens with one attached hydrogen (secondary N) is 1. The predicted octanol–water partition coefficient (Wildman–Crippen LogP) is 11.4. The molecule has 4 N–H and O–H groups in total. The quantitative estimate of drug-likeness (QED) is 0.0569. The first-order valence-corrected chi connectivity index (χ1v) is 34.6. The number of thioether (sulfide) groups is 1. The van der Waals surface area contributed by atoms with Gasteiger partial charge in [-0.3, -0.25) is 27.7 Å². The van der Waals surface area contributed by atoms with E-state index in [9.17, 15) is 30.7 Å². The summed E-state index contributed by atoms with van der Waals surface area (Å²) in [6.45, 7) is -0.441. The van der Waals surface area contributed by atoms with Crippen LogP contribution in [-0.2, 0) is 29.5 Å². The summed E-state index contributed by atoms with van der Waals surface area (Å²) in [7, 11) is -15.3. The maximum absolute atomic E-state index is 15.8. The molecule has 2 atom stereocenters. The van der Waals surface area contributed by atoms with E-state index < -0.39 is 41.9 Å². The van der Waals surface area contributed by atoms with E-state index in [2.05, 4.69) is 5.32 Å². The van der Waals surface area contributed by atoms with Crippen LogP contribution in [0.5, 0.6) is 0 Å². The minimum Gasteiger partial charge on any atom is -0.377 e. The van der Waals surface area contributed by atoms with Gasteiger partial charge in [-0.15, -0.1) is 0 Å². The lowest BCUT2D eigenvalue weighted by Crippen LogP contribution is -2.63. The number of rotatable bonds is 10. The molecule has 6 bridgehead atoms. The molecular weight excluding hydrogens is 1220 g/mol. The molecule has 17 rings (SSSR count). The highest BCUT2D eigenvalue weighted by Gasteiger charge is 2.52. The van der Waals surface area contributed by atoms with Crippen molar-refractivity contribution in [2.45, 2.75) is 22.3 Å². The van der Waals surface area contributed by atoms with Gasteiger partial charge < -0.3 is 9.22 Å². The Labute approximate surface area is 523 Å². The van der Waals surface area contributed by atoms with Crippen LogP contribution in [0.2, 0.25) is 0 Å². The maximum Gasteiger partial charge on any atom is 0.601 e. The topological polar surface area (TPSA) is 251 Å². The molecule has 1 saturated heterocycles. The third-order valence-electron chi connectivity index (χ3n) is 17.3. The molecule has 0 saturated carbocycles. The second-order valence-corrected chi connectivity index (χ2v) is 28.7. The van der Waals surface area contributed by atoms with E-state index in [-0.39, 0.29) is 60.9 Å². The van der Waals surface area contributed by atoms with Crippen LogP contribution in [0.25, 0.3) is 87.6 Å². The van der Waals surface area contributed by atoms with Crippen molar-refractivity contribution < 1.29 is 40.0 Å². The second-order valence-electron chi connectivity index (χ2n) is 22.4. The normalized spacial score (nSPS) is 17.3. The average Bonchev–Trinajstić information content (AvgIpc) is 1.53. The van der Waals surface area contributed by atoms with Gasteiger partial charge in [0, 0.05) is 71.8 Å². The highest BCUT2D eigenvalue weighted by molar-refractivity contribution is 8.14. The molecule has 0 aliphatic carbocycles. The predicted molar refractivity (Wildman–Crippen MR) is 355 cm³/mol. The lowest BCUT2D eigenvalue weighted by atomic mass is 9.87. The molecule has 2 unspecified atom stereocenters. The van der Waals surface area contributed by atoms with E-state index in [1.54, 1.807) is 20.6 Å². The number of hydrogen-bond donors (Lipinski definition) is 4. The highest BCUT2D eigenvalue weighted by atomic mass is 32.2. The van der Waals surface area contributed by atoms with E-state index in [0.29, 0.717) is 122 Å². The monoisotopic (exact) mass is 1270 g/mol. The largest absolute Gasteiger partial charge is 0.601 e. The zero-order chi connectivity index (χ0) is 61.7. The summed E-state index contributed by atoms with van der Waals surface area (Å²) in [4.78, 5) is 62.2. The van der Waals surface area contributed by atoms with E-state index in [1.165, 1.54) is 36.0 Å². The van der Waals surface area contributed by atoms with Gasteiger partial charge in [0.1, 0.15) is 22.6 Å². The van der Waals surface area contributed by atoms with Crippen molar-refractivity contribution in [1.29, 1.82) is 0 Å². The number of hydrogen-bond acceptors (Lipinski definition) is 15. The second kappa shape index (κ2) is 20.5. The van der Waals surface area contributed by atoms with Crippen molar-refractivity contribution in [1.82, 2.24) is 13.8 Å². The molecule has 12 aromatic rings. The number of nitrogens with zero attached hydrogens (tertiary/aromatic N) is 8. The SMILES string of the molecule is O=C1SCCC1NCO[Si]1(O)n2c3c4c(-c5ccccc5)c5cc(S(=O)(=O)O)ccc5c(-c5ccccc5)c4c2N=C2N=C(N=c4c5c(-c6ccccc6)c6cc(S(=O)(=O)O)ccc6c(-c6ccccc6)c5c(n41)=NC1=NC(=N3)c3ccccc31)c1ccccc12. The van der Waals surface area contributed by atoms with Gasteiger partial charge in [0.05, 0.1) is 22.6 Å². The fourth-order valence-electron chi connectivity index (χ4n) is 13.5. The fourth-order valence-corrected chi connectivity index (χ4v) is 17.9. The number of carbonyl (C=O) groups excluding carboxylic acids is 1. The molecule has 7 heterocycles. The first-order valence-electron chi connectivity index (χ1n) is 29.0. The van der Waals surface area contributed by atoms with Crippen LogP contribution < -0.4 is 16.3 Å². The zero-order valence-corrected chi connectivity index (χ0v) is 50.9. The zero-order valence-electron chi connectivity index (χ0n) is 47.4. The Bertz CT molecular complexity index is 5770. The molecule has 10 aromatic carbocycles. The highest BCUT2D eigenvalue weighted by Crippen LogP contribution is 2.55. The number of aromatic nitrogens is 2. The smallest absolute Gasteiger partial charge is 0.377 e. The Balaban J connectivity index is 1.20. The molecule has 442 valence electrons. The fraction of sp³-hybridized carbons (Fsp3) is 0.0580. The molecule has 2 aromatic heterocycles. The van der Waals surface area contributed by atoms with Gasteiger partial charge in [-0.25, -0.2) is 30.0 Å². The van der Waals surface area contributed by atoms with Gasteiger partial charge in [0.2, 0.25) is 5.12 Å². The Morgan fingerprint density at radius 3 is 1.21 bits per heavy atom. The molecule has 22 heteroatoms. The van der Waals surface area contributed by atoms with Crippen molar-refractivity contribution in [3.05, 3.63) is 239 Å². The lowest BCUT2D eigenvalue weighted by molar-refractivity contribution is -0.112. The standard InChI is InChI=1S/C69H45N9O9S3Si/c79-69-52(33-34-88-69)70-37-87-91(86)77-65-57-53(38-17-5-1-6-18-38)44-31-29-42(89(80,81)82)35-50(44)55(40-21-9-3-10-22-40)59(57)67(77)75-63-49-28-16-14-26-47(49)62(72-63)74-66-58-54(39-19-7-2-8-20-39)45-32-30-43(90(83,84)85)36-51(45)56(41-23-11-4-12-24-41)60(58)68(78(66)91)76-64-48-27-15-13-25-46(48)61(71-64)73-65/h1-32,35-36,52,70,86H,33-34,37H2,(H,80,81,82)(H,83,84,85). The minimum absolute atomic E-state index is 0.0585. The van der Waals surface area contributed by atoms with Gasteiger partial charge in [-0.2, -0.15) is 16.8 Å². The maximum atomic E-state index is 15.8. The summed E-state index contributed by atoms with van der Waals surface area (Å²) in [6, 6.07) is 61.0. The van der Waals surface area contributed by atoms with Crippen molar-refractivity contribution in [3.63, 3.8) is 0 Å². The Morgan fingerprint density at radius 2 is 0.824 bits per heavy atom. The number of aliphatic imine (C=N–C) groups is 4. The van der Waals surface area contributed by atoms with Crippen LogP contribution in [-0.4, -0.2) is 95.1 Å². The third-order valence-corrected chi connectivity index (χ3v) is 22.6. The summed E-state index contributed by atoms with van der Waals surface area (Å²) >= 11 is 1.20. The summed E-state index contributed by atoms with van der Waals surface area (Å²) in [5.74, 6) is 1.49. The van der Waals surface area contributed by atoms with Crippen LogP contribution in [0.4, 0.5) is 11.6 Å². The van der Waals surface area contributed by atoms with Gasteiger partial charge in [-0.1, -0.05) is 194 Å². The minimum atomic E-state index is -5.62. The van der Waals surface area contributed by atoms with E-state index in [4.69, 9.17) is 34.4 Å². The van der Waals surface area contributed by atoms with Crippen LogP contribution in [0.1, 0.15) is 28.7 Å². The van der Waals surface area contributed by atoms with Crippen LogP contribution in [0.15, 0.2) is 246 Å². The molecule has 18 nitrogen and oxygen atoms in total.